The van der Waals surface area contributed by atoms with Crippen LogP contribution in [0.1, 0.15) is 95.0 Å². The summed E-state index contributed by atoms with van der Waals surface area (Å²) < 4.78 is 24.5. The van der Waals surface area contributed by atoms with Crippen LogP contribution in [0.3, 0.4) is 0 Å². The van der Waals surface area contributed by atoms with Crippen LogP contribution in [-0.2, 0) is 41.1 Å². The van der Waals surface area contributed by atoms with E-state index in [-0.39, 0.29) is 31.1 Å². The summed E-state index contributed by atoms with van der Waals surface area (Å²) >= 11 is 0. The Morgan fingerprint density at radius 2 is 1.84 bits per heavy atom. The Bertz CT molecular complexity index is 2380. The van der Waals surface area contributed by atoms with Gasteiger partial charge in [-0.15, -0.1) is 0 Å². The number of amides is 1. The highest BCUT2D eigenvalue weighted by molar-refractivity contribution is 5.94. The molecule has 13 nitrogen and oxygen atoms in total. The lowest BCUT2D eigenvalue weighted by atomic mass is 9.47. The molecule has 2 fully saturated rings. The third-order valence-electron chi connectivity index (χ3n) is 16.2. The van der Waals surface area contributed by atoms with Crippen molar-refractivity contribution >= 4 is 34.6 Å². The van der Waals surface area contributed by atoms with Crippen LogP contribution >= 0.6 is 0 Å². The third-order valence-corrected chi connectivity index (χ3v) is 16.2. The number of ether oxygens (including phenoxy) is 4. The van der Waals surface area contributed by atoms with Crippen LogP contribution in [0.25, 0.3) is 10.9 Å². The number of esters is 2. The highest BCUT2D eigenvalue weighted by Crippen LogP contribution is 2.68. The van der Waals surface area contributed by atoms with Crippen molar-refractivity contribution in [2.75, 3.05) is 72.0 Å². The number of hydrogen-bond acceptors (Lipinski definition) is 11. The number of aromatic nitrogens is 1. The first-order valence-corrected chi connectivity index (χ1v) is 23.6. The molecule has 2 bridgehead atoms. The van der Waals surface area contributed by atoms with Crippen LogP contribution < -0.4 is 15.0 Å². The molecule has 6 aliphatic rings. The number of carbonyl (C=O) groups is 3. The van der Waals surface area contributed by atoms with Crippen LogP contribution in [0, 0.1) is 11.3 Å². The van der Waals surface area contributed by atoms with Crippen LogP contribution in [-0.4, -0.2) is 129 Å². The van der Waals surface area contributed by atoms with Gasteiger partial charge in [-0.3, -0.25) is 19.4 Å². The zero-order valence-electron chi connectivity index (χ0n) is 38.8. The van der Waals surface area contributed by atoms with Gasteiger partial charge in [0.2, 0.25) is 0 Å². The molecule has 64 heavy (non-hydrogen) atoms. The Morgan fingerprint density at radius 3 is 2.58 bits per heavy atom. The normalized spacial score (nSPS) is 32.5. The summed E-state index contributed by atoms with van der Waals surface area (Å²) in [5, 5.41) is 17.8. The van der Waals surface area contributed by atoms with Gasteiger partial charge in [0, 0.05) is 90.9 Å². The number of hydrogen-bond donors (Lipinski definition) is 3. The number of fused-ring (bicyclic) bond motifs is 6. The number of aliphatic hydroxyl groups is 1. The minimum atomic E-state index is -1.81. The number of rotatable bonds is 12. The van der Waals surface area contributed by atoms with Crippen molar-refractivity contribution in [3.05, 3.63) is 82.6 Å². The van der Waals surface area contributed by atoms with Gasteiger partial charge in [-0.2, -0.15) is 0 Å². The lowest BCUT2D eigenvalue weighted by Crippen LogP contribution is -2.81. The lowest BCUT2D eigenvalue weighted by Gasteiger charge is -2.64. The summed E-state index contributed by atoms with van der Waals surface area (Å²) in [5.41, 5.74) is 2.06. The molecular formula is C51H67N5O8. The minimum Gasteiger partial charge on any atom is -0.496 e. The smallest absolute Gasteiger partial charge is 0.407 e. The maximum absolute atomic E-state index is 15.4. The van der Waals surface area contributed by atoms with Gasteiger partial charge >= 0.3 is 18.0 Å². The lowest BCUT2D eigenvalue weighted by molar-refractivity contribution is -0.217. The maximum atomic E-state index is 15.4. The van der Waals surface area contributed by atoms with E-state index >= 15 is 4.79 Å². The number of methoxy groups -OCH3 is 2. The molecule has 5 aliphatic heterocycles. The number of unbranched alkanes of at least 4 members (excludes halogenated alkanes) is 2. The van der Waals surface area contributed by atoms with Gasteiger partial charge in [-0.25, -0.2) is 4.79 Å². The van der Waals surface area contributed by atoms with Gasteiger partial charge in [-0.1, -0.05) is 75.6 Å². The Balaban J connectivity index is 1.29. The van der Waals surface area contributed by atoms with Crippen molar-refractivity contribution in [3.8, 4) is 5.75 Å². The zero-order valence-corrected chi connectivity index (χ0v) is 38.8. The predicted octanol–water partition coefficient (Wildman–Crippen LogP) is 6.54. The molecule has 9 atom stereocenters. The Labute approximate surface area is 377 Å². The first-order valence-electron chi connectivity index (χ1n) is 23.6. The molecule has 9 rings (SSSR count). The second-order valence-electron chi connectivity index (χ2n) is 19.4. The molecule has 1 amide bonds. The number of nitrogens with zero attached hydrogens (tertiary/aromatic N) is 3. The number of aromatic amines is 1. The maximum Gasteiger partial charge on any atom is 0.407 e. The van der Waals surface area contributed by atoms with E-state index in [1.807, 2.05) is 19.2 Å². The molecule has 0 radical (unpaired) electrons. The van der Waals surface area contributed by atoms with Gasteiger partial charge in [0.25, 0.3) is 0 Å². The summed E-state index contributed by atoms with van der Waals surface area (Å²) in [6, 6.07) is 11.7. The molecule has 3 N–H and O–H groups in total. The third kappa shape index (κ3) is 6.53. The summed E-state index contributed by atoms with van der Waals surface area (Å²) in [5.74, 6) is -0.302. The minimum absolute atomic E-state index is 0.0296. The largest absolute Gasteiger partial charge is 0.496 e. The number of benzene rings is 2. The average Bonchev–Trinajstić information content (AvgIpc) is 3.96. The Hall–Kier alpha value is -4.85. The fraction of sp³-hybridized carbons (Fsp3) is 0.588. The van der Waals surface area contributed by atoms with Crippen molar-refractivity contribution in [1.29, 1.82) is 0 Å². The van der Waals surface area contributed by atoms with E-state index in [0.717, 1.165) is 91.7 Å². The molecule has 1 unspecified atom stereocenters. The Morgan fingerprint density at radius 1 is 1.03 bits per heavy atom. The standard InChI is InChI=1S/C51H67N5O8/c1-8-11-14-24-63-47(59)52-31-51(60)44-49(20-23-56-21-15-19-48(10-3,43(49)56)45(51)64-32(4)57)37-26-38(41(61-6)27-40(37)54(44)5)50(46(58)62-7)28-34-25-33(9-2)29-55(30-34)22-18-36-35-16-12-13-17-39(35)53-42(36)50/h12-13,15-17,19,25-27,34,43-45,53,60H,8-11,14,18,20-24,28-31H2,1-7H3,(H,52,59)/t34-,43-,44+,45+,48+,49+,50-,51-/m0/s1. The number of likely N-dealkylation sites (N-methyl/N-ethyl adjacent to an activating group) is 1. The molecule has 344 valence electrons. The summed E-state index contributed by atoms with van der Waals surface area (Å²) in [7, 11) is 5.12. The molecular weight excluding hydrogens is 811 g/mol. The Kier molecular flexibility index (Phi) is 11.7. The van der Waals surface area contributed by atoms with Crippen LogP contribution in [0.5, 0.6) is 5.75 Å². The van der Waals surface area contributed by atoms with Crippen molar-refractivity contribution in [2.24, 2.45) is 11.3 Å². The van der Waals surface area contributed by atoms with Crippen LogP contribution in [0.4, 0.5) is 10.5 Å². The number of anilines is 1. The molecule has 1 spiro atoms. The van der Waals surface area contributed by atoms with Gasteiger partial charge in [0.05, 0.1) is 33.4 Å². The summed E-state index contributed by atoms with van der Waals surface area (Å²) in [4.78, 5) is 53.1. The number of para-hydroxylation sites is 1. The van der Waals surface area contributed by atoms with E-state index in [9.17, 15) is 14.7 Å². The van der Waals surface area contributed by atoms with E-state index in [0.29, 0.717) is 37.1 Å². The zero-order chi connectivity index (χ0) is 45.2. The van der Waals surface area contributed by atoms with Gasteiger partial charge in [0.15, 0.2) is 0 Å². The highest BCUT2D eigenvalue weighted by Gasteiger charge is 2.78. The molecule has 3 aromatic rings. The van der Waals surface area contributed by atoms with Crippen LogP contribution in [0.2, 0.25) is 0 Å². The monoisotopic (exact) mass is 877 g/mol. The van der Waals surface area contributed by atoms with Crippen molar-refractivity contribution in [3.63, 3.8) is 0 Å². The number of carbonyl (C=O) groups excluding carboxylic acids is 3. The summed E-state index contributed by atoms with van der Waals surface area (Å²) in [6.07, 6.45) is 11.0. The van der Waals surface area contributed by atoms with Crippen molar-refractivity contribution in [2.45, 2.75) is 114 Å². The molecule has 13 heteroatoms. The van der Waals surface area contributed by atoms with E-state index in [4.69, 9.17) is 18.9 Å². The van der Waals surface area contributed by atoms with Crippen molar-refractivity contribution < 1.29 is 38.4 Å². The molecule has 1 aliphatic carbocycles. The second kappa shape index (κ2) is 16.9. The predicted molar refractivity (Wildman–Crippen MR) is 246 cm³/mol. The molecule has 6 heterocycles. The van der Waals surface area contributed by atoms with E-state index in [1.54, 1.807) is 7.11 Å². The SMILES string of the molecule is CCCCCOC(=O)NC[C@@]1(O)[C@H](OC(C)=O)[C@]2(CC)C=CCN3CC[C@@]4(c5cc([C@@]6(C(=O)OC)C[C@@H]7C=C(CC)CN(CCc8c6[nH]c6ccccc86)C7)c(OC)cc5N(C)[C@@H]14)[C@@H]32. The fourth-order valence-corrected chi connectivity index (χ4v) is 13.8. The van der Waals surface area contributed by atoms with Gasteiger partial charge in [0.1, 0.15) is 22.9 Å². The summed E-state index contributed by atoms with van der Waals surface area (Å²) in [6.45, 7) is 11.8. The van der Waals surface area contributed by atoms with Crippen LogP contribution in [0.15, 0.2) is 60.2 Å². The first kappa shape index (κ1) is 44.4. The van der Waals surface area contributed by atoms with Gasteiger partial charge < -0.3 is 39.3 Å². The topological polar surface area (TPSA) is 146 Å². The van der Waals surface area contributed by atoms with E-state index in [1.165, 1.54) is 19.6 Å². The second-order valence-corrected chi connectivity index (χ2v) is 19.4. The molecule has 1 saturated carbocycles. The molecule has 2 aromatic carbocycles. The number of H-pyrrole nitrogens is 1. The number of alkyl carbamates (subject to hydrolysis) is 1. The first-order chi connectivity index (χ1) is 30.9. The average molecular weight is 878 g/mol. The number of nitrogens with one attached hydrogen (secondary N) is 2. The van der Waals surface area contributed by atoms with E-state index < -0.39 is 46.1 Å². The molecule has 1 aromatic heterocycles. The quantitative estimate of drug-likeness (QED) is 0.0790. The fourth-order valence-electron chi connectivity index (χ4n) is 13.8. The molecule has 1 saturated heterocycles. The highest BCUT2D eigenvalue weighted by atomic mass is 16.6. The van der Waals surface area contributed by atoms with Gasteiger partial charge in [-0.05, 0) is 74.2 Å². The van der Waals surface area contributed by atoms with Crippen molar-refractivity contribution in [1.82, 2.24) is 20.1 Å². The van der Waals surface area contributed by atoms with E-state index in [2.05, 4.69) is 88.3 Å².